The molecule has 0 bridgehead atoms. The third kappa shape index (κ3) is 3.50. The molecule has 2 heterocycles. The molecule has 7 nitrogen and oxygen atoms in total. The zero-order valence-electron chi connectivity index (χ0n) is 14.4. The summed E-state index contributed by atoms with van der Waals surface area (Å²) in [4.78, 5) is 18.5. The first-order chi connectivity index (χ1) is 11.5. The molecule has 0 spiro atoms. The maximum absolute atomic E-state index is 12.2. The molecule has 3 rings (SSSR count). The maximum atomic E-state index is 12.2. The summed E-state index contributed by atoms with van der Waals surface area (Å²) in [5, 5.41) is 10.3. The minimum atomic E-state index is -0.159. The van der Waals surface area contributed by atoms with Crippen molar-refractivity contribution in [2.75, 3.05) is 19.0 Å². The summed E-state index contributed by atoms with van der Waals surface area (Å²) in [6.45, 7) is 0.457. The fourth-order valence-corrected chi connectivity index (χ4v) is 3.03. The van der Waals surface area contributed by atoms with Crippen molar-refractivity contribution in [1.82, 2.24) is 25.4 Å². The molecule has 1 aliphatic rings. The van der Waals surface area contributed by atoms with Crippen molar-refractivity contribution < 1.29 is 4.79 Å². The van der Waals surface area contributed by atoms with Gasteiger partial charge in [0.05, 0.1) is 12.2 Å². The Bertz CT molecular complexity index is 706. The van der Waals surface area contributed by atoms with E-state index in [1.54, 1.807) is 6.20 Å². The van der Waals surface area contributed by atoms with Crippen LogP contribution in [0.4, 0.5) is 10.6 Å². The van der Waals surface area contributed by atoms with Crippen LogP contribution in [-0.2, 0) is 20.0 Å². The minimum Gasteiger partial charge on any atom is -0.363 e. The van der Waals surface area contributed by atoms with E-state index in [-0.39, 0.29) is 12.1 Å². The van der Waals surface area contributed by atoms with E-state index in [2.05, 4.69) is 20.7 Å². The van der Waals surface area contributed by atoms with Crippen molar-refractivity contribution in [3.05, 3.63) is 41.3 Å². The molecule has 0 saturated heterocycles. The van der Waals surface area contributed by atoms with Crippen LogP contribution >= 0.6 is 0 Å². The van der Waals surface area contributed by atoms with Gasteiger partial charge in [-0.1, -0.05) is 6.07 Å². The van der Waals surface area contributed by atoms with Crippen LogP contribution in [0.5, 0.6) is 0 Å². The molecule has 7 heteroatoms. The van der Waals surface area contributed by atoms with Crippen LogP contribution in [0.15, 0.2) is 24.5 Å². The fraction of sp³-hybridized carbons (Fsp3) is 0.471. The van der Waals surface area contributed by atoms with Gasteiger partial charge in [0, 0.05) is 45.1 Å². The Hall–Kier alpha value is -2.57. The molecule has 2 N–H and O–H groups in total. The summed E-state index contributed by atoms with van der Waals surface area (Å²) in [7, 11) is 5.85. The lowest BCUT2D eigenvalue weighted by atomic mass is 9.93. The molecule has 0 aromatic carbocycles. The third-order valence-corrected chi connectivity index (χ3v) is 4.40. The molecule has 1 atom stereocenters. The highest BCUT2D eigenvalue weighted by Crippen LogP contribution is 2.28. The van der Waals surface area contributed by atoms with Gasteiger partial charge in [-0.3, -0.25) is 4.68 Å². The molecular weight excluding hydrogens is 304 g/mol. The number of hydrogen-bond donors (Lipinski definition) is 2. The maximum Gasteiger partial charge on any atom is 0.315 e. The molecule has 0 radical (unpaired) electrons. The molecule has 0 saturated carbocycles. The predicted octanol–water partition coefficient (Wildman–Crippen LogP) is 1.76. The number of rotatable bonds is 4. The van der Waals surface area contributed by atoms with Gasteiger partial charge >= 0.3 is 6.03 Å². The van der Waals surface area contributed by atoms with Gasteiger partial charge in [-0.2, -0.15) is 5.10 Å². The van der Waals surface area contributed by atoms with Gasteiger partial charge in [-0.15, -0.1) is 0 Å². The van der Waals surface area contributed by atoms with Gasteiger partial charge in [0.1, 0.15) is 5.82 Å². The highest BCUT2D eigenvalue weighted by Gasteiger charge is 2.24. The van der Waals surface area contributed by atoms with Gasteiger partial charge in [0.25, 0.3) is 0 Å². The lowest BCUT2D eigenvalue weighted by Gasteiger charge is -2.24. The molecule has 1 aliphatic carbocycles. The molecule has 2 aromatic rings. The summed E-state index contributed by atoms with van der Waals surface area (Å²) in [5.41, 5.74) is 3.33. The van der Waals surface area contributed by atoms with Crippen LogP contribution in [0.25, 0.3) is 0 Å². The van der Waals surface area contributed by atoms with Crippen molar-refractivity contribution in [3.8, 4) is 0 Å². The topological polar surface area (TPSA) is 75.1 Å². The molecular formula is C17H24N6O. The molecule has 128 valence electrons. The highest BCUT2D eigenvalue weighted by molar-refractivity contribution is 5.74. The van der Waals surface area contributed by atoms with Gasteiger partial charge in [-0.25, -0.2) is 9.78 Å². The number of nitrogens with zero attached hydrogens (tertiary/aromatic N) is 4. The van der Waals surface area contributed by atoms with Crippen molar-refractivity contribution >= 4 is 11.8 Å². The number of nitrogens with one attached hydrogen (secondary N) is 2. The first kappa shape index (κ1) is 16.3. The van der Waals surface area contributed by atoms with E-state index in [0.29, 0.717) is 6.54 Å². The Morgan fingerprint density at radius 1 is 1.38 bits per heavy atom. The zero-order valence-corrected chi connectivity index (χ0v) is 14.4. The number of carbonyl (C=O) groups is 1. The van der Waals surface area contributed by atoms with Crippen LogP contribution < -0.4 is 15.5 Å². The first-order valence-corrected chi connectivity index (χ1v) is 8.22. The SMILES string of the molecule is CN(C)c1ccc(CNC(=O)N[C@H]2CCCc3c2cnn3C)cn1. The number of anilines is 1. The van der Waals surface area contributed by atoms with E-state index in [1.807, 2.05) is 49.1 Å². The van der Waals surface area contributed by atoms with Crippen LogP contribution in [0.3, 0.4) is 0 Å². The second-order valence-electron chi connectivity index (χ2n) is 6.36. The number of urea groups is 1. The molecule has 0 fully saturated rings. The number of pyridine rings is 1. The van der Waals surface area contributed by atoms with E-state index in [1.165, 1.54) is 5.69 Å². The largest absolute Gasteiger partial charge is 0.363 e. The van der Waals surface area contributed by atoms with E-state index in [0.717, 1.165) is 36.2 Å². The second-order valence-corrected chi connectivity index (χ2v) is 6.36. The Morgan fingerprint density at radius 2 is 2.21 bits per heavy atom. The highest BCUT2D eigenvalue weighted by atomic mass is 16.2. The Balaban J connectivity index is 1.55. The van der Waals surface area contributed by atoms with Crippen molar-refractivity contribution in [2.45, 2.75) is 31.8 Å². The third-order valence-electron chi connectivity index (χ3n) is 4.40. The first-order valence-electron chi connectivity index (χ1n) is 8.22. The van der Waals surface area contributed by atoms with Crippen molar-refractivity contribution in [1.29, 1.82) is 0 Å². The van der Waals surface area contributed by atoms with E-state index in [4.69, 9.17) is 0 Å². The van der Waals surface area contributed by atoms with Gasteiger partial charge in [0.15, 0.2) is 0 Å². The van der Waals surface area contributed by atoms with E-state index < -0.39 is 0 Å². The quantitative estimate of drug-likeness (QED) is 0.897. The van der Waals surface area contributed by atoms with E-state index >= 15 is 0 Å². The summed E-state index contributed by atoms with van der Waals surface area (Å²) >= 11 is 0. The number of aryl methyl sites for hydroxylation is 1. The van der Waals surface area contributed by atoms with Crippen LogP contribution in [0.2, 0.25) is 0 Å². The lowest BCUT2D eigenvalue weighted by molar-refractivity contribution is 0.235. The average Bonchev–Trinajstić information content (AvgIpc) is 2.96. The Morgan fingerprint density at radius 3 is 2.92 bits per heavy atom. The molecule has 0 aliphatic heterocycles. The summed E-state index contributed by atoms with van der Waals surface area (Å²) < 4.78 is 1.90. The van der Waals surface area contributed by atoms with Crippen LogP contribution in [0.1, 0.15) is 35.7 Å². The molecule has 2 amide bonds. The number of aromatic nitrogens is 3. The number of carbonyl (C=O) groups excluding carboxylic acids is 1. The van der Waals surface area contributed by atoms with Crippen molar-refractivity contribution in [2.24, 2.45) is 7.05 Å². The normalized spacial score (nSPS) is 16.4. The smallest absolute Gasteiger partial charge is 0.315 e. The minimum absolute atomic E-state index is 0.0386. The Kier molecular flexibility index (Phi) is 4.69. The monoisotopic (exact) mass is 328 g/mol. The van der Waals surface area contributed by atoms with E-state index in [9.17, 15) is 4.79 Å². The average molecular weight is 328 g/mol. The summed E-state index contributed by atoms with van der Waals surface area (Å²) in [6, 6.07) is 3.80. The van der Waals surface area contributed by atoms with Crippen molar-refractivity contribution in [3.63, 3.8) is 0 Å². The predicted molar refractivity (Wildman–Crippen MR) is 92.8 cm³/mol. The second kappa shape index (κ2) is 6.90. The van der Waals surface area contributed by atoms with Gasteiger partial charge in [-0.05, 0) is 30.9 Å². The molecule has 2 aromatic heterocycles. The van der Waals surface area contributed by atoms with Gasteiger partial charge < -0.3 is 15.5 Å². The number of fused-ring (bicyclic) bond motifs is 1. The van der Waals surface area contributed by atoms with Gasteiger partial charge in [0.2, 0.25) is 0 Å². The number of hydrogen-bond acceptors (Lipinski definition) is 4. The summed E-state index contributed by atoms with van der Waals surface area (Å²) in [6.07, 6.45) is 6.69. The molecule has 24 heavy (non-hydrogen) atoms. The molecule has 0 unspecified atom stereocenters. The number of amides is 2. The van der Waals surface area contributed by atoms with Crippen LogP contribution in [0, 0.1) is 0 Å². The summed E-state index contributed by atoms with van der Waals surface area (Å²) in [5.74, 6) is 0.898. The fourth-order valence-electron chi connectivity index (χ4n) is 3.03. The Labute approximate surface area is 142 Å². The zero-order chi connectivity index (χ0) is 17.1. The lowest BCUT2D eigenvalue weighted by Crippen LogP contribution is -2.38. The standard InChI is InChI=1S/C17H24N6O/c1-22(2)16-8-7-12(9-18-16)10-19-17(24)21-14-5-4-6-15-13(14)11-20-23(15)3/h7-9,11,14H,4-6,10H2,1-3H3,(H2,19,21,24)/t14-/m0/s1. The van der Waals surface area contributed by atoms with Crippen LogP contribution in [-0.4, -0.2) is 34.9 Å².